The molecule has 0 N–H and O–H groups in total. The van der Waals surface area contributed by atoms with Crippen molar-refractivity contribution in [2.45, 2.75) is 31.9 Å². The first-order chi connectivity index (χ1) is 7.11. The third-order valence-corrected chi connectivity index (χ3v) is 3.21. The van der Waals surface area contributed by atoms with E-state index in [-0.39, 0.29) is 11.2 Å². The van der Waals surface area contributed by atoms with E-state index in [1.807, 2.05) is 21.0 Å². The molecule has 0 aromatic carbocycles. The van der Waals surface area contributed by atoms with Crippen molar-refractivity contribution in [2.24, 2.45) is 0 Å². The number of hydrogen-bond donors (Lipinski definition) is 0. The zero-order valence-corrected chi connectivity index (χ0v) is 11.1. The first-order valence-corrected chi connectivity index (χ1v) is 6.59. The molecule has 0 aliphatic rings. The highest BCUT2D eigenvalue weighted by molar-refractivity contribution is 8.00. The maximum atomic E-state index is 11.6. The highest BCUT2D eigenvalue weighted by atomic mass is 32.2. The van der Waals surface area contributed by atoms with Crippen molar-refractivity contribution < 1.29 is 9.53 Å². The molecule has 0 saturated carbocycles. The van der Waals surface area contributed by atoms with E-state index in [9.17, 15) is 4.79 Å². The average molecular weight is 233 g/mol. The van der Waals surface area contributed by atoms with E-state index < -0.39 is 0 Å². The Labute approximate surface area is 97.5 Å². The molecule has 0 fully saturated rings. The van der Waals surface area contributed by atoms with Crippen LogP contribution in [0.25, 0.3) is 0 Å². The molecule has 0 bridgehead atoms. The topological polar surface area (TPSA) is 29.5 Å². The number of carbonyl (C=O) groups is 1. The Morgan fingerprint density at radius 3 is 2.53 bits per heavy atom. The molecule has 4 heteroatoms. The molecular weight excluding hydrogens is 210 g/mol. The summed E-state index contributed by atoms with van der Waals surface area (Å²) in [5, 5.41) is 0.0231. The monoisotopic (exact) mass is 233 g/mol. The average Bonchev–Trinajstić information content (AvgIpc) is 2.16. The van der Waals surface area contributed by atoms with Gasteiger partial charge in [0.25, 0.3) is 0 Å². The molecular formula is C11H23NO2S. The van der Waals surface area contributed by atoms with Crippen molar-refractivity contribution in [3.8, 4) is 0 Å². The van der Waals surface area contributed by atoms with Crippen LogP contribution in [0, 0.1) is 0 Å². The summed E-state index contributed by atoms with van der Waals surface area (Å²) in [6.07, 6.45) is 1.94. The van der Waals surface area contributed by atoms with Gasteiger partial charge in [0.2, 0.25) is 0 Å². The third kappa shape index (κ3) is 7.68. The van der Waals surface area contributed by atoms with Gasteiger partial charge in [-0.15, -0.1) is 11.8 Å². The van der Waals surface area contributed by atoms with Gasteiger partial charge in [-0.2, -0.15) is 0 Å². The molecule has 1 atom stereocenters. The van der Waals surface area contributed by atoms with Crippen LogP contribution < -0.4 is 0 Å². The van der Waals surface area contributed by atoms with Gasteiger partial charge in [-0.3, -0.25) is 4.79 Å². The van der Waals surface area contributed by atoms with Crippen molar-refractivity contribution >= 4 is 17.7 Å². The summed E-state index contributed by atoms with van der Waals surface area (Å²) in [7, 11) is 4.08. The minimum absolute atomic E-state index is 0.0231. The van der Waals surface area contributed by atoms with Gasteiger partial charge < -0.3 is 9.64 Å². The molecule has 0 aromatic heterocycles. The number of carbonyl (C=O) groups excluding carboxylic acids is 1. The van der Waals surface area contributed by atoms with Crippen molar-refractivity contribution in [3.63, 3.8) is 0 Å². The van der Waals surface area contributed by atoms with E-state index in [1.54, 1.807) is 11.8 Å². The van der Waals surface area contributed by atoms with Gasteiger partial charge in [0, 0.05) is 12.3 Å². The normalized spacial score (nSPS) is 12.9. The van der Waals surface area contributed by atoms with Crippen LogP contribution in [-0.4, -0.2) is 49.1 Å². The fourth-order valence-electron chi connectivity index (χ4n) is 1.14. The Hall–Kier alpha value is -0.220. The van der Waals surface area contributed by atoms with Crippen LogP contribution >= 0.6 is 11.8 Å². The lowest BCUT2D eigenvalue weighted by Gasteiger charge is -2.15. The smallest absolute Gasteiger partial charge is 0.319 e. The fourth-order valence-corrected chi connectivity index (χ4v) is 2.51. The van der Waals surface area contributed by atoms with Crippen molar-refractivity contribution in [3.05, 3.63) is 0 Å². The van der Waals surface area contributed by atoms with Gasteiger partial charge in [0.1, 0.15) is 5.25 Å². The molecule has 0 heterocycles. The van der Waals surface area contributed by atoms with E-state index in [4.69, 9.17) is 4.74 Å². The van der Waals surface area contributed by atoms with Gasteiger partial charge in [0.05, 0.1) is 6.61 Å². The molecule has 0 saturated heterocycles. The Kier molecular flexibility index (Phi) is 8.91. The first kappa shape index (κ1) is 14.8. The van der Waals surface area contributed by atoms with E-state index >= 15 is 0 Å². The molecule has 0 rings (SSSR count). The Morgan fingerprint density at radius 2 is 2.07 bits per heavy atom. The van der Waals surface area contributed by atoms with E-state index in [1.165, 1.54) is 0 Å². The van der Waals surface area contributed by atoms with Crippen LogP contribution in [0.15, 0.2) is 0 Å². The van der Waals surface area contributed by atoms with E-state index in [2.05, 4.69) is 11.8 Å². The van der Waals surface area contributed by atoms with Crippen LogP contribution in [0.1, 0.15) is 26.7 Å². The lowest BCUT2D eigenvalue weighted by molar-refractivity contribution is -0.142. The van der Waals surface area contributed by atoms with Crippen LogP contribution in [0.4, 0.5) is 0 Å². The first-order valence-electron chi connectivity index (χ1n) is 5.54. The summed E-state index contributed by atoms with van der Waals surface area (Å²) in [6.45, 7) is 5.43. The SMILES string of the molecule is CCCC(SCCN(C)C)C(=O)OCC. The summed E-state index contributed by atoms with van der Waals surface area (Å²) in [5.74, 6) is 0.930. The highest BCUT2D eigenvalue weighted by Gasteiger charge is 2.18. The van der Waals surface area contributed by atoms with E-state index in [0.717, 1.165) is 25.1 Å². The summed E-state index contributed by atoms with van der Waals surface area (Å²) in [5.41, 5.74) is 0. The van der Waals surface area contributed by atoms with E-state index in [0.29, 0.717) is 6.61 Å². The van der Waals surface area contributed by atoms with Crippen molar-refractivity contribution in [2.75, 3.05) is 33.0 Å². The van der Waals surface area contributed by atoms with Gasteiger partial charge in [0.15, 0.2) is 0 Å². The highest BCUT2D eigenvalue weighted by Crippen LogP contribution is 2.17. The Bertz CT molecular complexity index is 174. The molecule has 0 radical (unpaired) electrons. The molecule has 0 spiro atoms. The molecule has 3 nitrogen and oxygen atoms in total. The second-order valence-electron chi connectivity index (χ2n) is 3.70. The van der Waals surface area contributed by atoms with Crippen molar-refractivity contribution in [1.29, 1.82) is 0 Å². The number of ether oxygens (including phenoxy) is 1. The van der Waals surface area contributed by atoms with Gasteiger partial charge in [-0.25, -0.2) is 0 Å². The van der Waals surface area contributed by atoms with Gasteiger partial charge in [-0.1, -0.05) is 13.3 Å². The quantitative estimate of drug-likeness (QED) is 0.600. The van der Waals surface area contributed by atoms with Gasteiger partial charge in [-0.05, 0) is 27.4 Å². The maximum absolute atomic E-state index is 11.6. The zero-order valence-electron chi connectivity index (χ0n) is 10.3. The molecule has 0 aromatic rings. The lowest BCUT2D eigenvalue weighted by Crippen LogP contribution is -2.23. The van der Waals surface area contributed by atoms with Gasteiger partial charge >= 0.3 is 5.97 Å². The molecule has 0 aliphatic heterocycles. The predicted molar refractivity (Wildman–Crippen MR) is 66.3 cm³/mol. The summed E-state index contributed by atoms with van der Waals surface area (Å²) < 4.78 is 5.04. The standard InChI is InChI=1S/C11H23NO2S/c1-5-7-10(11(13)14-6-2)15-9-8-12(3)4/h10H,5-9H2,1-4H3. The maximum Gasteiger partial charge on any atom is 0.319 e. The number of hydrogen-bond acceptors (Lipinski definition) is 4. The number of nitrogens with zero attached hydrogens (tertiary/aromatic N) is 1. The molecule has 1 unspecified atom stereocenters. The molecule has 15 heavy (non-hydrogen) atoms. The van der Waals surface area contributed by atoms with Crippen LogP contribution in [0.3, 0.4) is 0 Å². The number of thioether (sulfide) groups is 1. The Morgan fingerprint density at radius 1 is 1.40 bits per heavy atom. The predicted octanol–water partition coefficient (Wildman–Crippen LogP) is 2.01. The molecule has 0 amide bonds. The van der Waals surface area contributed by atoms with Crippen LogP contribution in [-0.2, 0) is 9.53 Å². The number of rotatable bonds is 8. The third-order valence-electron chi connectivity index (χ3n) is 1.96. The minimum Gasteiger partial charge on any atom is -0.465 e. The summed E-state index contributed by atoms with van der Waals surface area (Å²) >= 11 is 1.71. The second-order valence-corrected chi connectivity index (χ2v) is 5.01. The largest absolute Gasteiger partial charge is 0.465 e. The molecule has 0 aliphatic carbocycles. The van der Waals surface area contributed by atoms with Crippen LogP contribution in [0.5, 0.6) is 0 Å². The zero-order chi connectivity index (χ0) is 11.7. The summed E-state index contributed by atoms with van der Waals surface area (Å²) in [6, 6.07) is 0. The summed E-state index contributed by atoms with van der Waals surface area (Å²) in [4.78, 5) is 13.7. The van der Waals surface area contributed by atoms with Crippen molar-refractivity contribution in [1.82, 2.24) is 4.90 Å². The van der Waals surface area contributed by atoms with Crippen LogP contribution in [0.2, 0.25) is 0 Å². The minimum atomic E-state index is -0.0527. The molecule has 90 valence electrons. The second kappa shape index (κ2) is 9.04. The number of esters is 1. The Balaban J connectivity index is 3.87. The fraction of sp³-hybridized carbons (Fsp3) is 0.909. The lowest BCUT2D eigenvalue weighted by atomic mass is 10.2.